The van der Waals surface area contributed by atoms with E-state index in [4.69, 9.17) is 0 Å². The monoisotopic (exact) mass is 250 g/mol. The van der Waals surface area contributed by atoms with Crippen LogP contribution in [0.2, 0.25) is 0 Å². The van der Waals surface area contributed by atoms with E-state index in [9.17, 15) is 14.0 Å². The molecular formula is C15H19FO2. The van der Waals surface area contributed by atoms with Gasteiger partial charge in [-0.3, -0.25) is 9.59 Å². The highest BCUT2D eigenvalue weighted by atomic mass is 19.1. The summed E-state index contributed by atoms with van der Waals surface area (Å²) in [5, 5.41) is 0. The molecule has 0 saturated carbocycles. The minimum Gasteiger partial charge on any atom is -0.295 e. The Bertz CT molecular complexity index is 458. The van der Waals surface area contributed by atoms with Gasteiger partial charge in [-0.2, -0.15) is 0 Å². The summed E-state index contributed by atoms with van der Waals surface area (Å²) in [6.45, 7) is 6.73. The van der Waals surface area contributed by atoms with Crippen LogP contribution in [0.5, 0.6) is 0 Å². The first-order chi connectivity index (χ1) is 8.29. The molecule has 3 heteroatoms. The lowest BCUT2D eigenvalue weighted by Crippen LogP contribution is -2.35. The van der Waals surface area contributed by atoms with E-state index < -0.39 is 23.2 Å². The minimum absolute atomic E-state index is 0.310. The summed E-state index contributed by atoms with van der Waals surface area (Å²) >= 11 is 0. The van der Waals surface area contributed by atoms with Gasteiger partial charge >= 0.3 is 0 Å². The number of carbonyl (C=O) groups excluding carboxylic acids is 2. The Morgan fingerprint density at radius 1 is 1.22 bits per heavy atom. The van der Waals surface area contributed by atoms with E-state index in [-0.39, 0.29) is 0 Å². The van der Waals surface area contributed by atoms with Gasteiger partial charge in [-0.25, -0.2) is 4.39 Å². The zero-order valence-corrected chi connectivity index (χ0v) is 11.3. The van der Waals surface area contributed by atoms with Crippen LogP contribution in [0.4, 0.5) is 4.39 Å². The second kappa shape index (κ2) is 5.42. The molecule has 18 heavy (non-hydrogen) atoms. The van der Waals surface area contributed by atoms with Crippen molar-refractivity contribution in [3.63, 3.8) is 0 Å². The van der Waals surface area contributed by atoms with Gasteiger partial charge in [-0.15, -0.1) is 0 Å². The SMILES string of the molecule is CCc1ccccc1C(=O)C(F)C(=O)C(C)(C)C. The van der Waals surface area contributed by atoms with Crippen LogP contribution in [0, 0.1) is 5.41 Å². The van der Waals surface area contributed by atoms with Crippen molar-refractivity contribution >= 4 is 11.6 Å². The molecule has 98 valence electrons. The molecule has 0 aliphatic rings. The van der Waals surface area contributed by atoms with Gasteiger partial charge in [0.25, 0.3) is 0 Å². The van der Waals surface area contributed by atoms with Crippen LogP contribution < -0.4 is 0 Å². The number of rotatable bonds is 4. The van der Waals surface area contributed by atoms with Crippen molar-refractivity contribution in [1.29, 1.82) is 0 Å². The fourth-order valence-corrected chi connectivity index (χ4v) is 1.70. The Balaban J connectivity index is 3.04. The first-order valence-electron chi connectivity index (χ1n) is 6.09. The highest BCUT2D eigenvalue weighted by Crippen LogP contribution is 2.22. The number of halogens is 1. The van der Waals surface area contributed by atoms with Crippen molar-refractivity contribution in [2.24, 2.45) is 5.41 Å². The average Bonchev–Trinajstić information content (AvgIpc) is 2.34. The highest BCUT2D eigenvalue weighted by Gasteiger charge is 2.35. The first kappa shape index (κ1) is 14.6. The lowest BCUT2D eigenvalue weighted by atomic mass is 9.85. The van der Waals surface area contributed by atoms with Crippen molar-refractivity contribution in [2.75, 3.05) is 0 Å². The maximum absolute atomic E-state index is 14.0. The van der Waals surface area contributed by atoms with E-state index >= 15 is 0 Å². The Morgan fingerprint density at radius 2 is 1.78 bits per heavy atom. The summed E-state index contributed by atoms with van der Waals surface area (Å²) in [5.74, 6) is -1.40. The Morgan fingerprint density at radius 3 is 2.28 bits per heavy atom. The average molecular weight is 250 g/mol. The molecule has 2 nitrogen and oxygen atoms in total. The maximum Gasteiger partial charge on any atom is 0.221 e. The Hall–Kier alpha value is -1.51. The van der Waals surface area contributed by atoms with Gasteiger partial charge in [-0.05, 0) is 12.0 Å². The molecule has 0 saturated heterocycles. The van der Waals surface area contributed by atoms with Crippen LogP contribution >= 0.6 is 0 Å². The number of alkyl halides is 1. The van der Waals surface area contributed by atoms with Crippen LogP contribution in [-0.4, -0.2) is 17.7 Å². The molecule has 0 aromatic heterocycles. The third kappa shape index (κ3) is 3.03. The normalized spacial score (nSPS) is 13.2. The van der Waals surface area contributed by atoms with Crippen molar-refractivity contribution in [1.82, 2.24) is 0 Å². The predicted molar refractivity (Wildman–Crippen MR) is 69.5 cm³/mol. The van der Waals surface area contributed by atoms with E-state index in [0.717, 1.165) is 5.56 Å². The molecule has 1 rings (SSSR count). The number of hydrogen-bond acceptors (Lipinski definition) is 2. The van der Waals surface area contributed by atoms with Gasteiger partial charge < -0.3 is 0 Å². The number of aryl methyl sites for hydroxylation is 1. The number of Topliss-reactive ketones (excluding diaryl/α,β-unsaturated/α-hetero) is 2. The van der Waals surface area contributed by atoms with Crippen LogP contribution in [0.25, 0.3) is 0 Å². The van der Waals surface area contributed by atoms with Crippen LogP contribution in [0.1, 0.15) is 43.6 Å². The molecule has 1 aromatic rings. The molecule has 0 fully saturated rings. The third-order valence-corrected chi connectivity index (χ3v) is 2.86. The molecule has 0 amide bonds. The standard InChI is InChI=1S/C15H19FO2/c1-5-10-8-6-7-9-11(10)13(17)12(16)14(18)15(2,3)4/h6-9,12H,5H2,1-4H3. The van der Waals surface area contributed by atoms with E-state index in [1.165, 1.54) is 0 Å². The van der Waals surface area contributed by atoms with Crippen molar-refractivity contribution in [3.8, 4) is 0 Å². The number of ketones is 2. The molecule has 0 radical (unpaired) electrons. The lowest BCUT2D eigenvalue weighted by molar-refractivity contribution is -0.129. The quantitative estimate of drug-likeness (QED) is 0.606. The van der Waals surface area contributed by atoms with E-state index in [1.54, 1.807) is 45.0 Å². The minimum atomic E-state index is -2.07. The van der Waals surface area contributed by atoms with Crippen LogP contribution in [0.3, 0.4) is 0 Å². The van der Waals surface area contributed by atoms with Crippen LogP contribution in [0.15, 0.2) is 24.3 Å². The molecule has 0 bridgehead atoms. The zero-order valence-electron chi connectivity index (χ0n) is 11.3. The lowest BCUT2D eigenvalue weighted by Gasteiger charge is -2.19. The highest BCUT2D eigenvalue weighted by molar-refractivity contribution is 6.14. The van der Waals surface area contributed by atoms with Gasteiger partial charge in [0.2, 0.25) is 12.0 Å². The van der Waals surface area contributed by atoms with Crippen molar-refractivity contribution in [2.45, 2.75) is 40.3 Å². The molecule has 1 unspecified atom stereocenters. The van der Waals surface area contributed by atoms with E-state index in [1.807, 2.05) is 6.92 Å². The fourth-order valence-electron chi connectivity index (χ4n) is 1.70. The second-order valence-electron chi connectivity index (χ2n) is 5.35. The second-order valence-corrected chi connectivity index (χ2v) is 5.35. The Labute approximate surface area is 107 Å². The maximum atomic E-state index is 14.0. The Kier molecular flexibility index (Phi) is 4.38. The summed E-state index contributed by atoms with van der Waals surface area (Å²) < 4.78 is 14.0. The molecule has 0 N–H and O–H groups in total. The van der Waals surface area contributed by atoms with Gasteiger partial charge in [0.15, 0.2) is 5.78 Å². The van der Waals surface area contributed by atoms with Gasteiger partial charge in [0, 0.05) is 11.0 Å². The first-order valence-corrected chi connectivity index (χ1v) is 6.09. The van der Waals surface area contributed by atoms with E-state index in [2.05, 4.69) is 0 Å². The van der Waals surface area contributed by atoms with Crippen molar-refractivity contribution < 1.29 is 14.0 Å². The van der Waals surface area contributed by atoms with Crippen LogP contribution in [-0.2, 0) is 11.2 Å². The summed E-state index contributed by atoms with van der Waals surface area (Å²) in [6, 6.07) is 6.83. The summed E-state index contributed by atoms with van der Waals surface area (Å²) in [6.07, 6.45) is -1.43. The topological polar surface area (TPSA) is 34.1 Å². The summed E-state index contributed by atoms with van der Waals surface area (Å²) in [7, 11) is 0. The molecule has 0 spiro atoms. The number of benzene rings is 1. The molecule has 0 aliphatic carbocycles. The largest absolute Gasteiger partial charge is 0.295 e. The number of hydrogen-bond donors (Lipinski definition) is 0. The summed E-state index contributed by atoms with van der Waals surface area (Å²) in [5.41, 5.74) is 0.230. The van der Waals surface area contributed by atoms with Crippen molar-refractivity contribution in [3.05, 3.63) is 35.4 Å². The molecule has 1 atom stereocenters. The predicted octanol–water partition coefficient (Wildman–Crippen LogP) is 3.39. The van der Waals surface area contributed by atoms with E-state index in [0.29, 0.717) is 12.0 Å². The van der Waals surface area contributed by atoms with Gasteiger partial charge in [0.1, 0.15) is 0 Å². The third-order valence-electron chi connectivity index (χ3n) is 2.86. The zero-order chi connectivity index (χ0) is 13.9. The summed E-state index contributed by atoms with van der Waals surface area (Å²) in [4.78, 5) is 23.8. The molecule has 1 aromatic carbocycles. The molecule has 0 aliphatic heterocycles. The van der Waals surface area contributed by atoms with Gasteiger partial charge in [-0.1, -0.05) is 52.0 Å². The van der Waals surface area contributed by atoms with Gasteiger partial charge in [0.05, 0.1) is 0 Å². The molecular weight excluding hydrogens is 231 g/mol. The smallest absolute Gasteiger partial charge is 0.221 e. The fraction of sp³-hybridized carbons (Fsp3) is 0.467. The number of carbonyl (C=O) groups is 2. The molecule has 0 heterocycles.